The smallest absolute Gasteiger partial charge is 0.406 e. The van der Waals surface area contributed by atoms with Gasteiger partial charge in [0.25, 0.3) is 5.91 Å². The second-order valence-corrected chi connectivity index (χ2v) is 8.75. The molecule has 0 saturated heterocycles. The van der Waals surface area contributed by atoms with E-state index in [9.17, 15) is 22.8 Å². The number of halogens is 3. The van der Waals surface area contributed by atoms with E-state index in [1.54, 1.807) is 30.3 Å². The number of aliphatic imine (C=N–C) groups is 1. The summed E-state index contributed by atoms with van der Waals surface area (Å²) in [5.74, 6) is -1.17. The zero-order valence-electron chi connectivity index (χ0n) is 17.3. The number of nitrogens with zero attached hydrogens (tertiary/aromatic N) is 2. The molecule has 1 aliphatic heterocycles. The van der Waals surface area contributed by atoms with Crippen LogP contribution in [0.2, 0.25) is 0 Å². The third-order valence-electron chi connectivity index (χ3n) is 4.37. The van der Waals surface area contributed by atoms with E-state index in [4.69, 9.17) is 0 Å². The first-order valence-electron chi connectivity index (χ1n) is 9.80. The summed E-state index contributed by atoms with van der Waals surface area (Å²) in [6.45, 7) is 0. The lowest BCUT2D eigenvalue weighted by molar-refractivity contribution is -0.274. The van der Waals surface area contributed by atoms with Gasteiger partial charge in [-0.15, -0.1) is 24.5 Å². The van der Waals surface area contributed by atoms with Crippen molar-refractivity contribution in [3.8, 4) is 5.75 Å². The van der Waals surface area contributed by atoms with Gasteiger partial charge in [-0.05, 0) is 53.9 Å². The standard InChI is InChI=1S/C23H16F3N3O3S2/c24-23(25,26)32-17-10-8-15(9-11-17)27-20(30)14-34-22-28-19(13-18-7-4-12-33-18)21(31)29(22)16-5-2-1-3-6-16/h1-13H,14H2,(H,27,30)/b19-13+. The van der Waals surface area contributed by atoms with Crippen LogP contribution in [-0.4, -0.2) is 29.1 Å². The van der Waals surface area contributed by atoms with Crippen LogP contribution in [0.4, 0.5) is 24.5 Å². The van der Waals surface area contributed by atoms with Gasteiger partial charge in [-0.2, -0.15) is 0 Å². The van der Waals surface area contributed by atoms with Crippen LogP contribution in [0.25, 0.3) is 6.08 Å². The molecule has 1 aliphatic rings. The van der Waals surface area contributed by atoms with Crippen molar-refractivity contribution in [3.05, 3.63) is 82.7 Å². The number of hydrogen-bond acceptors (Lipinski definition) is 6. The average Bonchev–Trinajstić information content (AvgIpc) is 3.41. The Bertz CT molecular complexity index is 1230. The summed E-state index contributed by atoms with van der Waals surface area (Å²) >= 11 is 2.55. The average molecular weight is 504 g/mol. The van der Waals surface area contributed by atoms with E-state index in [1.165, 1.54) is 28.4 Å². The maximum Gasteiger partial charge on any atom is 0.573 e. The number of rotatable bonds is 6. The molecule has 2 aromatic carbocycles. The number of amidine groups is 1. The summed E-state index contributed by atoms with van der Waals surface area (Å²) in [4.78, 5) is 32.3. The Balaban J connectivity index is 1.45. The summed E-state index contributed by atoms with van der Waals surface area (Å²) in [7, 11) is 0. The first-order chi connectivity index (χ1) is 16.3. The highest BCUT2D eigenvalue weighted by Crippen LogP contribution is 2.30. The number of alkyl halides is 3. The van der Waals surface area contributed by atoms with Gasteiger partial charge in [-0.25, -0.2) is 4.99 Å². The molecule has 6 nitrogen and oxygen atoms in total. The molecule has 1 aromatic heterocycles. The predicted molar refractivity (Wildman–Crippen MR) is 128 cm³/mol. The highest BCUT2D eigenvalue weighted by atomic mass is 32.2. The molecule has 2 amide bonds. The number of thioether (sulfide) groups is 1. The van der Waals surface area contributed by atoms with Crippen molar-refractivity contribution in [1.82, 2.24) is 0 Å². The Hall–Kier alpha value is -3.57. The van der Waals surface area contributed by atoms with Crippen molar-refractivity contribution in [3.63, 3.8) is 0 Å². The van der Waals surface area contributed by atoms with Gasteiger partial charge >= 0.3 is 6.36 Å². The summed E-state index contributed by atoms with van der Waals surface area (Å²) in [6.07, 6.45) is -3.09. The monoisotopic (exact) mass is 503 g/mol. The van der Waals surface area contributed by atoms with Crippen molar-refractivity contribution in [2.45, 2.75) is 6.36 Å². The second kappa shape index (κ2) is 10.1. The number of hydrogen-bond donors (Lipinski definition) is 1. The molecule has 3 aromatic rings. The minimum absolute atomic E-state index is 0.0669. The number of amides is 2. The number of carbonyl (C=O) groups is 2. The van der Waals surface area contributed by atoms with E-state index < -0.39 is 12.3 Å². The maximum atomic E-state index is 13.1. The minimum atomic E-state index is -4.79. The SMILES string of the molecule is O=C(CSC1=N/C(=C/c2cccs2)C(=O)N1c1ccccc1)Nc1ccc(OC(F)(F)F)cc1. The van der Waals surface area contributed by atoms with E-state index in [2.05, 4.69) is 15.0 Å². The van der Waals surface area contributed by atoms with Crippen molar-refractivity contribution in [2.24, 2.45) is 4.99 Å². The fourth-order valence-electron chi connectivity index (χ4n) is 2.97. The van der Waals surface area contributed by atoms with E-state index in [-0.39, 0.29) is 23.1 Å². The van der Waals surface area contributed by atoms with Gasteiger partial charge < -0.3 is 10.1 Å². The quantitative estimate of drug-likeness (QED) is 0.434. The Kier molecular flexibility index (Phi) is 7.03. The minimum Gasteiger partial charge on any atom is -0.406 e. The van der Waals surface area contributed by atoms with Crippen LogP contribution >= 0.6 is 23.1 Å². The van der Waals surface area contributed by atoms with Crippen LogP contribution < -0.4 is 15.0 Å². The fraction of sp³-hybridized carbons (Fsp3) is 0.0870. The number of ether oxygens (including phenoxy) is 1. The van der Waals surface area contributed by atoms with Crippen LogP contribution in [0, 0.1) is 0 Å². The van der Waals surface area contributed by atoms with Gasteiger partial charge in [0.2, 0.25) is 5.91 Å². The molecule has 11 heteroatoms. The molecule has 0 radical (unpaired) electrons. The number of nitrogens with one attached hydrogen (secondary N) is 1. The topological polar surface area (TPSA) is 71.0 Å². The summed E-state index contributed by atoms with van der Waals surface area (Å²) < 4.78 is 40.6. The molecule has 0 bridgehead atoms. The molecule has 4 rings (SSSR count). The zero-order valence-corrected chi connectivity index (χ0v) is 18.9. The van der Waals surface area contributed by atoms with E-state index in [0.29, 0.717) is 16.5 Å². The molecular weight excluding hydrogens is 487 g/mol. The summed E-state index contributed by atoms with van der Waals surface area (Å²) in [6, 6.07) is 17.5. The van der Waals surface area contributed by atoms with Gasteiger partial charge in [0.15, 0.2) is 5.17 Å². The number of carbonyl (C=O) groups excluding carboxylic acids is 2. The molecule has 0 unspecified atom stereocenters. The molecule has 174 valence electrons. The van der Waals surface area contributed by atoms with Crippen molar-refractivity contribution in [2.75, 3.05) is 16.0 Å². The largest absolute Gasteiger partial charge is 0.573 e. The van der Waals surface area contributed by atoms with Gasteiger partial charge in [-0.3, -0.25) is 14.5 Å². The number of para-hydroxylation sites is 1. The molecule has 0 spiro atoms. The fourth-order valence-corrected chi connectivity index (χ4v) is 4.44. The van der Waals surface area contributed by atoms with Gasteiger partial charge in [0, 0.05) is 10.6 Å². The lowest BCUT2D eigenvalue weighted by atomic mass is 10.3. The van der Waals surface area contributed by atoms with Gasteiger partial charge in [0.1, 0.15) is 11.4 Å². The molecule has 0 saturated carbocycles. The van der Waals surface area contributed by atoms with Crippen LogP contribution in [0.15, 0.2) is 82.8 Å². The summed E-state index contributed by atoms with van der Waals surface area (Å²) in [5.41, 5.74) is 1.19. The third-order valence-corrected chi connectivity index (χ3v) is 6.13. The summed E-state index contributed by atoms with van der Waals surface area (Å²) in [5, 5.41) is 4.85. The van der Waals surface area contributed by atoms with Crippen LogP contribution in [0.5, 0.6) is 5.75 Å². The lowest BCUT2D eigenvalue weighted by Crippen LogP contribution is -2.31. The molecule has 0 atom stereocenters. The highest BCUT2D eigenvalue weighted by molar-refractivity contribution is 8.14. The molecule has 34 heavy (non-hydrogen) atoms. The maximum absolute atomic E-state index is 13.1. The molecular formula is C23H16F3N3O3S2. The Morgan fingerprint density at radius 1 is 1.09 bits per heavy atom. The predicted octanol–water partition coefficient (Wildman–Crippen LogP) is 5.76. The Morgan fingerprint density at radius 3 is 2.47 bits per heavy atom. The number of thiophene rings is 1. The zero-order chi connectivity index (χ0) is 24.1. The van der Waals surface area contributed by atoms with Crippen molar-refractivity contribution < 1.29 is 27.5 Å². The van der Waals surface area contributed by atoms with E-state index in [0.717, 1.165) is 28.8 Å². The molecule has 0 fully saturated rings. The van der Waals surface area contributed by atoms with E-state index >= 15 is 0 Å². The van der Waals surface area contributed by atoms with Crippen LogP contribution in [0.3, 0.4) is 0 Å². The first kappa shape index (κ1) is 23.6. The lowest BCUT2D eigenvalue weighted by Gasteiger charge is -2.17. The highest BCUT2D eigenvalue weighted by Gasteiger charge is 2.33. The third kappa shape index (κ3) is 6.06. The Morgan fingerprint density at radius 2 is 1.82 bits per heavy atom. The molecule has 2 heterocycles. The van der Waals surface area contributed by atoms with Crippen LogP contribution in [0.1, 0.15) is 4.88 Å². The molecule has 1 N–H and O–H groups in total. The number of benzene rings is 2. The normalized spacial score (nSPS) is 14.9. The van der Waals surface area contributed by atoms with Crippen molar-refractivity contribution in [1.29, 1.82) is 0 Å². The Labute approximate surface area is 200 Å². The second-order valence-electron chi connectivity index (χ2n) is 6.82. The van der Waals surface area contributed by atoms with E-state index in [1.807, 2.05) is 23.6 Å². The van der Waals surface area contributed by atoms with Gasteiger partial charge in [-0.1, -0.05) is 36.0 Å². The van der Waals surface area contributed by atoms with Crippen LogP contribution in [-0.2, 0) is 9.59 Å². The van der Waals surface area contributed by atoms with Gasteiger partial charge in [0.05, 0.1) is 11.4 Å². The first-order valence-corrected chi connectivity index (χ1v) is 11.7. The van der Waals surface area contributed by atoms with Crippen molar-refractivity contribution >= 4 is 57.5 Å². The molecule has 0 aliphatic carbocycles. The number of anilines is 2.